The predicted molar refractivity (Wildman–Crippen MR) is 86.7 cm³/mol. The summed E-state index contributed by atoms with van der Waals surface area (Å²) in [4.78, 5) is 23.7. The number of ether oxygens (including phenoxy) is 2. The zero-order valence-corrected chi connectivity index (χ0v) is 13.1. The number of benzene rings is 2. The lowest BCUT2D eigenvalue weighted by Crippen LogP contribution is -2.15. The van der Waals surface area contributed by atoms with E-state index in [0.29, 0.717) is 0 Å². The highest BCUT2D eigenvalue weighted by Gasteiger charge is 2.20. The average molecular weight is 312 g/mol. The van der Waals surface area contributed by atoms with Crippen molar-refractivity contribution >= 4 is 11.9 Å². The lowest BCUT2D eigenvalue weighted by Gasteiger charge is -2.15. The minimum Gasteiger partial charge on any atom is -0.469 e. The molecule has 0 radical (unpaired) electrons. The van der Waals surface area contributed by atoms with Crippen LogP contribution in [0.25, 0.3) is 0 Å². The molecule has 1 atom stereocenters. The zero-order valence-electron chi connectivity index (χ0n) is 13.1. The maximum Gasteiger partial charge on any atom is 0.306 e. The molecule has 0 aliphatic heterocycles. The van der Waals surface area contributed by atoms with E-state index < -0.39 is 0 Å². The first kappa shape index (κ1) is 16.7. The Morgan fingerprint density at radius 2 is 1.43 bits per heavy atom. The summed E-state index contributed by atoms with van der Waals surface area (Å²) >= 11 is 0. The van der Waals surface area contributed by atoms with E-state index in [0.717, 1.165) is 11.1 Å². The molecular weight excluding hydrogens is 292 g/mol. The third kappa shape index (κ3) is 5.58. The summed E-state index contributed by atoms with van der Waals surface area (Å²) in [6.07, 6.45) is 0.299. The highest BCUT2D eigenvalue weighted by atomic mass is 16.5. The third-order valence-electron chi connectivity index (χ3n) is 3.57. The van der Waals surface area contributed by atoms with Crippen molar-refractivity contribution in [1.82, 2.24) is 0 Å². The number of carbonyl (C=O) groups excluding carboxylic acids is 2. The molecule has 23 heavy (non-hydrogen) atoms. The first-order valence-electron chi connectivity index (χ1n) is 7.50. The van der Waals surface area contributed by atoms with Crippen molar-refractivity contribution in [3.63, 3.8) is 0 Å². The first-order valence-corrected chi connectivity index (χ1v) is 7.50. The van der Waals surface area contributed by atoms with Crippen LogP contribution in [0.5, 0.6) is 0 Å². The van der Waals surface area contributed by atoms with E-state index in [2.05, 4.69) is 0 Å². The van der Waals surface area contributed by atoms with Crippen molar-refractivity contribution in [2.24, 2.45) is 0 Å². The fourth-order valence-electron chi connectivity index (χ4n) is 2.32. The van der Waals surface area contributed by atoms with E-state index in [1.165, 1.54) is 7.11 Å². The van der Waals surface area contributed by atoms with E-state index in [4.69, 9.17) is 9.47 Å². The SMILES string of the molecule is COC(=O)C[C@@H](CC(=O)OCc1ccccc1)c1ccccc1. The Labute approximate surface area is 136 Å². The Balaban J connectivity index is 1.96. The zero-order chi connectivity index (χ0) is 16.5. The van der Waals surface area contributed by atoms with E-state index in [1.807, 2.05) is 60.7 Å². The molecule has 2 rings (SSSR count). The van der Waals surface area contributed by atoms with Gasteiger partial charge in [0.15, 0.2) is 0 Å². The largest absolute Gasteiger partial charge is 0.469 e. The fraction of sp³-hybridized carbons (Fsp3) is 0.263. The van der Waals surface area contributed by atoms with Crippen molar-refractivity contribution < 1.29 is 19.1 Å². The lowest BCUT2D eigenvalue weighted by atomic mass is 9.92. The standard InChI is InChI=1S/C19H20O4/c1-22-18(20)12-17(16-10-6-3-7-11-16)13-19(21)23-14-15-8-4-2-5-9-15/h2-11,17H,12-14H2,1H3/t17-/m0/s1. The summed E-state index contributed by atoms with van der Waals surface area (Å²) in [6, 6.07) is 19.0. The molecule has 0 aromatic heterocycles. The molecule has 0 heterocycles. The first-order chi connectivity index (χ1) is 11.2. The number of carbonyl (C=O) groups is 2. The van der Waals surface area contributed by atoms with Gasteiger partial charge < -0.3 is 9.47 Å². The number of methoxy groups -OCH3 is 1. The molecule has 0 aliphatic rings. The van der Waals surface area contributed by atoms with Crippen molar-refractivity contribution in [3.05, 3.63) is 71.8 Å². The quantitative estimate of drug-likeness (QED) is 0.735. The minimum absolute atomic E-state index is 0.145. The normalized spacial score (nSPS) is 11.5. The molecular formula is C19H20O4. The molecule has 0 aliphatic carbocycles. The van der Waals surface area contributed by atoms with E-state index in [9.17, 15) is 9.59 Å². The van der Waals surface area contributed by atoms with Gasteiger partial charge in [-0.3, -0.25) is 9.59 Å². The van der Waals surface area contributed by atoms with Gasteiger partial charge in [-0.15, -0.1) is 0 Å². The molecule has 4 heteroatoms. The maximum absolute atomic E-state index is 12.1. The van der Waals surface area contributed by atoms with Gasteiger partial charge in [-0.2, -0.15) is 0 Å². The summed E-state index contributed by atoms with van der Waals surface area (Å²) in [6.45, 7) is 0.236. The van der Waals surface area contributed by atoms with Crippen LogP contribution in [0.3, 0.4) is 0 Å². The molecule has 0 saturated carbocycles. The maximum atomic E-state index is 12.1. The van der Waals surface area contributed by atoms with Crippen LogP contribution in [0, 0.1) is 0 Å². The minimum atomic E-state index is -0.338. The second-order valence-electron chi connectivity index (χ2n) is 5.24. The Kier molecular flexibility index (Phi) is 6.36. The van der Waals surface area contributed by atoms with Gasteiger partial charge in [-0.25, -0.2) is 0 Å². The van der Waals surface area contributed by atoms with E-state index in [-0.39, 0.29) is 37.3 Å². The van der Waals surface area contributed by atoms with Crippen LogP contribution in [0.2, 0.25) is 0 Å². The van der Waals surface area contributed by atoms with Gasteiger partial charge in [0.2, 0.25) is 0 Å². The van der Waals surface area contributed by atoms with Crippen LogP contribution in [0.4, 0.5) is 0 Å². The Hall–Kier alpha value is -2.62. The van der Waals surface area contributed by atoms with Crippen LogP contribution in [-0.4, -0.2) is 19.0 Å². The topological polar surface area (TPSA) is 52.6 Å². The van der Waals surface area contributed by atoms with Crippen LogP contribution < -0.4 is 0 Å². The molecule has 0 N–H and O–H groups in total. The molecule has 0 amide bonds. The van der Waals surface area contributed by atoms with Gasteiger partial charge >= 0.3 is 11.9 Å². The van der Waals surface area contributed by atoms with E-state index >= 15 is 0 Å². The second kappa shape index (κ2) is 8.73. The highest BCUT2D eigenvalue weighted by Crippen LogP contribution is 2.24. The smallest absolute Gasteiger partial charge is 0.306 e. The summed E-state index contributed by atoms with van der Waals surface area (Å²) in [5, 5.41) is 0. The second-order valence-corrected chi connectivity index (χ2v) is 5.24. The van der Waals surface area contributed by atoms with Gasteiger partial charge in [-0.05, 0) is 11.1 Å². The number of esters is 2. The van der Waals surface area contributed by atoms with Crippen molar-refractivity contribution in [3.8, 4) is 0 Å². The van der Waals surface area contributed by atoms with Crippen molar-refractivity contribution in [2.45, 2.75) is 25.4 Å². The predicted octanol–water partition coefficient (Wildman–Crippen LogP) is 3.47. The van der Waals surface area contributed by atoms with Gasteiger partial charge in [-0.1, -0.05) is 60.7 Å². The van der Waals surface area contributed by atoms with Crippen LogP contribution >= 0.6 is 0 Å². The summed E-state index contributed by atoms with van der Waals surface area (Å²) in [5.41, 5.74) is 1.86. The number of rotatable bonds is 7. The molecule has 120 valence electrons. The molecule has 0 saturated heterocycles. The lowest BCUT2D eigenvalue weighted by molar-refractivity contribution is -0.146. The van der Waals surface area contributed by atoms with Gasteiger partial charge in [0.1, 0.15) is 6.61 Å². The molecule has 0 unspecified atom stereocenters. The molecule has 0 spiro atoms. The van der Waals surface area contributed by atoms with Gasteiger partial charge in [0.05, 0.1) is 20.0 Å². The van der Waals surface area contributed by atoms with Crippen LogP contribution in [0.1, 0.15) is 29.9 Å². The Morgan fingerprint density at radius 1 is 0.870 bits per heavy atom. The van der Waals surface area contributed by atoms with Crippen LogP contribution in [-0.2, 0) is 25.7 Å². The van der Waals surface area contributed by atoms with Crippen molar-refractivity contribution in [1.29, 1.82) is 0 Å². The van der Waals surface area contributed by atoms with Crippen molar-refractivity contribution in [2.75, 3.05) is 7.11 Å². The molecule has 0 bridgehead atoms. The summed E-state index contributed by atoms with van der Waals surface area (Å²) < 4.78 is 10.0. The van der Waals surface area contributed by atoms with Gasteiger partial charge in [0.25, 0.3) is 0 Å². The third-order valence-corrected chi connectivity index (χ3v) is 3.57. The molecule has 4 nitrogen and oxygen atoms in total. The summed E-state index contributed by atoms with van der Waals surface area (Å²) in [7, 11) is 1.35. The Bertz CT molecular complexity index is 622. The average Bonchev–Trinajstić information content (AvgIpc) is 2.61. The van der Waals surface area contributed by atoms with Gasteiger partial charge in [0, 0.05) is 5.92 Å². The van der Waals surface area contributed by atoms with E-state index in [1.54, 1.807) is 0 Å². The Morgan fingerprint density at radius 3 is 2.04 bits per heavy atom. The summed E-state index contributed by atoms with van der Waals surface area (Å²) in [5.74, 6) is -0.909. The molecule has 0 fully saturated rings. The molecule has 2 aromatic carbocycles. The highest BCUT2D eigenvalue weighted by molar-refractivity contribution is 5.74. The monoisotopic (exact) mass is 312 g/mol. The van der Waals surface area contributed by atoms with Crippen LogP contribution in [0.15, 0.2) is 60.7 Å². The number of hydrogen-bond donors (Lipinski definition) is 0. The fourth-order valence-corrected chi connectivity index (χ4v) is 2.32. The number of hydrogen-bond acceptors (Lipinski definition) is 4. The molecule has 2 aromatic rings.